The summed E-state index contributed by atoms with van der Waals surface area (Å²) < 4.78 is 5.02. The molecule has 0 unspecified atom stereocenters. The number of aromatic nitrogens is 1. The van der Waals surface area contributed by atoms with Gasteiger partial charge in [-0.05, 0) is 19.1 Å². The smallest absolute Gasteiger partial charge is 0.410 e. The highest BCUT2D eigenvalue weighted by molar-refractivity contribution is 6.36. The van der Waals surface area contributed by atoms with Crippen LogP contribution in [0.15, 0.2) is 30.9 Å². The molecular formula is C19H21ClN4O3. The third kappa shape index (κ3) is 3.83. The van der Waals surface area contributed by atoms with Crippen LogP contribution in [0.25, 0.3) is 10.9 Å². The van der Waals surface area contributed by atoms with E-state index in [1.54, 1.807) is 28.0 Å². The van der Waals surface area contributed by atoms with E-state index in [0.717, 1.165) is 10.9 Å². The second-order valence-corrected chi connectivity index (χ2v) is 6.69. The molecule has 0 atom stereocenters. The second kappa shape index (κ2) is 7.84. The lowest BCUT2D eigenvalue weighted by molar-refractivity contribution is 0.0581. The van der Waals surface area contributed by atoms with E-state index in [0.29, 0.717) is 48.1 Å². The summed E-state index contributed by atoms with van der Waals surface area (Å²) >= 11 is 6.32. The van der Waals surface area contributed by atoms with Gasteiger partial charge in [-0.2, -0.15) is 0 Å². The number of nitrogens with zero attached hydrogens (tertiary/aromatic N) is 3. The molecule has 0 saturated carbocycles. The Morgan fingerprint density at radius 2 is 1.96 bits per heavy atom. The van der Waals surface area contributed by atoms with Crippen molar-refractivity contribution in [1.82, 2.24) is 14.8 Å². The molecule has 1 fully saturated rings. The van der Waals surface area contributed by atoms with Gasteiger partial charge in [0.05, 0.1) is 10.5 Å². The van der Waals surface area contributed by atoms with Crippen molar-refractivity contribution in [2.45, 2.75) is 6.92 Å². The summed E-state index contributed by atoms with van der Waals surface area (Å²) in [6.07, 6.45) is 1.13. The van der Waals surface area contributed by atoms with Crippen LogP contribution in [-0.2, 0) is 4.74 Å². The molecule has 27 heavy (non-hydrogen) atoms. The Bertz CT molecular complexity index is 907. The maximum Gasteiger partial charge on any atom is 0.410 e. The molecule has 0 bridgehead atoms. The van der Waals surface area contributed by atoms with Gasteiger partial charge < -0.3 is 20.3 Å². The van der Waals surface area contributed by atoms with Gasteiger partial charge in [0, 0.05) is 42.7 Å². The predicted octanol–water partition coefficient (Wildman–Crippen LogP) is 2.86. The third-order valence-corrected chi connectivity index (χ3v) is 5.07. The molecule has 1 aromatic carbocycles. The largest absolute Gasteiger partial charge is 0.445 e. The molecule has 7 nitrogen and oxygen atoms in total. The molecule has 2 aromatic rings. The van der Waals surface area contributed by atoms with E-state index in [1.807, 2.05) is 6.92 Å². The number of benzene rings is 1. The number of nitrogens with two attached hydrogens (primary N) is 1. The van der Waals surface area contributed by atoms with Gasteiger partial charge in [-0.1, -0.05) is 30.3 Å². The Balaban J connectivity index is 1.72. The quantitative estimate of drug-likeness (QED) is 0.816. The molecule has 1 aliphatic rings. The van der Waals surface area contributed by atoms with E-state index >= 15 is 0 Å². The lowest BCUT2D eigenvalue weighted by Gasteiger charge is -2.34. The van der Waals surface area contributed by atoms with Crippen molar-refractivity contribution in [2.75, 3.05) is 38.5 Å². The Morgan fingerprint density at radius 3 is 2.63 bits per heavy atom. The SMILES string of the molecule is C=CCOC(=O)N1CCN(C(=O)c2ccc3c(Cl)c(C)c(N)nc3c2)CC1. The van der Waals surface area contributed by atoms with Gasteiger partial charge in [0.15, 0.2) is 0 Å². The van der Waals surface area contributed by atoms with Crippen LogP contribution >= 0.6 is 11.6 Å². The average Bonchev–Trinajstić information content (AvgIpc) is 2.69. The molecule has 142 valence electrons. The fraction of sp³-hybridized carbons (Fsp3) is 0.316. The molecule has 2 amide bonds. The number of nitrogen functional groups attached to an aromatic ring is 1. The highest BCUT2D eigenvalue weighted by Gasteiger charge is 2.25. The molecule has 0 radical (unpaired) electrons. The Kier molecular flexibility index (Phi) is 5.51. The van der Waals surface area contributed by atoms with Crippen LogP contribution in [-0.4, -0.2) is 59.6 Å². The van der Waals surface area contributed by atoms with E-state index in [-0.39, 0.29) is 12.5 Å². The number of carbonyl (C=O) groups is 2. The van der Waals surface area contributed by atoms with Crippen LogP contribution in [0, 0.1) is 6.92 Å². The third-order valence-electron chi connectivity index (χ3n) is 4.59. The lowest BCUT2D eigenvalue weighted by atomic mass is 10.1. The average molecular weight is 389 g/mol. The lowest BCUT2D eigenvalue weighted by Crippen LogP contribution is -2.50. The summed E-state index contributed by atoms with van der Waals surface area (Å²) in [5, 5.41) is 1.30. The zero-order chi connectivity index (χ0) is 19.6. The first-order chi connectivity index (χ1) is 12.9. The summed E-state index contributed by atoms with van der Waals surface area (Å²) in [6, 6.07) is 5.22. The molecule has 2 heterocycles. The van der Waals surface area contributed by atoms with Crippen molar-refractivity contribution in [3.8, 4) is 0 Å². The first kappa shape index (κ1) is 19.0. The van der Waals surface area contributed by atoms with E-state index in [4.69, 9.17) is 22.1 Å². The zero-order valence-electron chi connectivity index (χ0n) is 15.1. The predicted molar refractivity (Wildman–Crippen MR) is 105 cm³/mol. The molecule has 1 saturated heterocycles. The topological polar surface area (TPSA) is 88.8 Å². The van der Waals surface area contributed by atoms with E-state index in [2.05, 4.69) is 11.6 Å². The van der Waals surface area contributed by atoms with Crippen LogP contribution in [0.1, 0.15) is 15.9 Å². The molecule has 3 rings (SSSR count). The van der Waals surface area contributed by atoms with Crippen molar-refractivity contribution in [1.29, 1.82) is 0 Å². The summed E-state index contributed by atoms with van der Waals surface area (Å²) in [6.45, 7) is 7.21. The first-order valence-corrected chi connectivity index (χ1v) is 8.97. The van der Waals surface area contributed by atoms with E-state index in [1.165, 1.54) is 6.08 Å². The number of fused-ring (bicyclic) bond motifs is 1. The van der Waals surface area contributed by atoms with Gasteiger partial charge >= 0.3 is 6.09 Å². The normalized spacial score (nSPS) is 14.3. The Labute approximate surface area is 162 Å². The molecule has 0 spiro atoms. The fourth-order valence-corrected chi connectivity index (χ4v) is 3.22. The number of hydrogen-bond donors (Lipinski definition) is 1. The van der Waals surface area contributed by atoms with Crippen molar-refractivity contribution < 1.29 is 14.3 Å². The number of halogens is 1. The summed E-state index contributed by atoms with van der Waals surface area (Å²) in [4.78, 5) is 32.3. The van der Waals surface area contributed by atoms with Gasteiger partial charge in [-0.25, -0.2) is 9.78 Å². The van der Waals surface area contributed by atoms with E-state index in [9.17, 15) is 9.59 Å². The molecule has 1 aromatic heterocycles. The second-order valence-electron chi connectivity index (χ2n) is 6.31. The number of piperazine rings is 1. The Hall–Kier alpha value is -2.80. The summed E-state index contributed by atoms with van der Waals surface area (Å²) in [5.41, 5.74) is 7.71. The minimum atomic E-state index is -0.391. The van der Waals surface area contributed by atoms with Crippen molar-refractivity contribution in [3.05, 3.63) is 47.0 Å². The Morgan fingerprint density at radius 1 is 1.30 bits per heavy atom. The molecule has 8 heteroatoms. The minimum absolute atomic E-state index is 0.118. The van der Waals surface area contributed by atoms with Crippen molar-refractivity contribution in [2.24, 2.45) is 0 Å². The van der Waals surface area contributed by atoms with Gasteiger partial charge in [0.25, 0.3) is 5.91 Å². The highest BCUT2D eigenvalue weighted by Crippen LogP contribution is 2.29. The van der Waals surface area contributed by atoms with Crippen LogP contribution in [0.4, 0.5) is 10.6 Å². The van der Waals surface area contributed by atoms with Gasteiger partial charge in [0.1, 0.15) is 12.4 Å². The van der Waals surface area contributed by atoms with Crippen LogP contribution in [0.5, 0.6) is 0 Å². The number of carbonyl (C=O) groups excluding carboxylic acids is 2. The number of rotatable bonds is 3. The van der Waals surface area contributed by atoms with E-state index < -0.39 is 6.09 Å². The number of anilines is 1. The molecule has 0 aliphatic carbocycles. The number of pyridine rings is 1. The standard InChI is InChI=1S/C19H21ClN4O3/c1-3-10-27-19(26)24-8-6-23(7-9-24)18(25)13-4-5-14-15(11-13)22-17(21)12(2)16(14)20/h3-5,11H,1,6-10H2,2H3,(H2,21,22). The highest BCUT2D eigenvalue weighted by atomic mass is 35.5. The first-order valence-electron chi connectivity index (χ1n) is 8.59. The van der Waals surface area contributed by atoms with Crippen molar-refractivity contribution >= 4 is 40.3 Å². The molecule has 1 aliphatic heterocycles. The fourth-order valence-electron chi connectivity index (χ4n) is 2.97. The number of hydrogen-bond acceptors (Lipinski definition) is 5. The van der Waals surface area contributed by atoms with Gasteiger partial charge in [-0.3, -0.25) is 4.79 Å². The van der Waals surface area contributed by atoms with Gasteiger partial charge in [-0.15, -0.1) is 0 Å². The zero-order valence-corrected chi connectivity index (χ0v) is 15.8. The monoisotopic (exact) mass is 388 g/mol. The number of amides is 2. The molecular weight excluding hydrogens is 368 g/mol. The minimum Gasteiger partial charge on any atom is -0.445 e. The van der Waals surface area contributed by atoms with Crippen LogP contribution in [0.3, 0.4) is 0 Å². The summed E-state index contributed by atoms with van der Waals surface area (Å²) in [5.74, 6) is 0.233. The maximum atomic E-state index is 12.8. The number of ether oxygens (including phenoxy) is 1. The van der Waals surface area contributed by atoms with Gasteiger partial charge in [0.2, 0.25) is 0 Å². The van der Waals surface area contributed by atoms with Crippen LogP contribution < -0.4 is 5.73 Å². The van der Waals surface area contributed by atoms with Crippen molar-refractivity contribution in [3.63, 3.8) is 0 Å². The maximum absolute atomic E-state index is 12.8. The molecule has 2 N–H and O–H groups in total. The summed E-state index contributed by atoms with van der Waals surface area (Å²) in [7, 11) is 0. The van der Waals surface area contributed by atoms with Crippen LogP contribution in [0.2, 0.25) is 5.02 Å².